The van der Waals surface area contributed by atoms with Gasteiger partial charge in [0.05, 0.1) is 12.0 Å². The van der Waals surface area contributed by atoms with Crippen LogP contribution < -0.4 is 25.3 Å². The first kappa shape index (κ1) is 43.1. The average molecular weight is 752 g/mol. The summed E-state index contributed by atoms with van der Waals surface area (Å²) in [5.74, 6) is -0.621. The molecule has 1 heterocycles. The molecule has 1 N–H and O–H groups in total. The Morgan fingerprint density at radius 1 is 0.800 bits per heavy atom. The molecule has 0 bridgehead atoms. The lowest BCUT2D eigenvalue weighted by Gasteiger charge is -2.21. The number of fused-ring (bicyclic) bond motifs is 2. The van der Waals surface area contributed by atoms with E-state index in [-0.39, 0.29) is 18.3 Å². The molecule has 0 spiro atoms. The molecule has 4 rings (SSSR count). The Morgan fingerprint density at radius 2 is 1.44 bits per heavy atom. The third kappa shape index (κ3) is 13.3. The van der Waals surface area contributed by atoms with Crippen molar-refractivity contribution in [1.29, 1.82) is 0 Å². The standard InChI is InChI=1S/C47H65N3O5/c1-5-9-10-11-12-13-14-15-16-17-18-19-20-21-22-25-32-48-47(53)54-34-33-50(8-4)38-29-31-42-44(36-38)55-43-35-37(49(6-2)7-3)28-30-41(43)45(42)39-26-23-24-27-40(39)46(51)52/h6,23-24,26-31,35-36H,2,5,7-22,25,32-34H2,1,3-4H3,(H-,48,51,52,53). The van der Waals surface area contributed by atoms with Gasteiger partial charge in [-0.25, -0.2) is 9.37 Å². The number of likely N-dealkylation sites (N-methyl/N-ethyl adjacent to an activating group) is 1. The van der Waals surface area contributed by atoms with Crippen LogP contribution in [0.3, 0.4) is 0 Å². The van der Waals surface area contributed by atoms with E-state index in [1.807, 2.05) is 60.4 Å². The molecule has 0 atom stereocenters. The Balaban J connectivity index is 1.29. The van der Waals surface area contributed by atoms with Gasteiger partial charge in [-0.3, -0.25) is 0 Å². The summed E-state index contributed by atoms with van der Waals surface area (Å²) in [6.45, 7) is 13.1. The Kier molecular flexibility index (Phi) is 18.9. The van der Waals surface area contributed by atoms with Gasteiger partial charge in [0.2, 0.25) is 5.36 Å². The summed E-state index contributed by atoms with van der Waals surface area (Å²) in [6.07, 6.45) is 22.5. The molecule has 298 valence electrons. The number of alkyl carbamates (subject to hydrolysis) is 1. The second-order valence-electron chi connectivity index (χ2n) is 14.6. The highest BCUT2D eigenvalue weighted by Crippen LogP contribution is 2.42. The van der Waals surface area contributed by atoms with Crippen molar-refractivity contribution in [2.75, 3.05) is 37.7 Å². The van der Waals surface area contributed by atoms with Crippen molar-refractivity contribution in [3.63, 3.8) is 0 Å². The van der Waals surface area contributed by atoms with E-state index in [1.54, 1.807) is 18.3 Å². The van der Waals surface area contributed by atoms with Gasteiger partial charge in [0, 0.05) is 53.0 Å². The van der Waals surface area contributed by atoms with Crippen LogP contribution in [0.5, 0.6) is 0 Å². The fourth-order valence-electron chi connectivity index (χ4n) is 7.46. The van der Waals surface area contributed by atoms with Gasteiger partial charge in [0.25, 0.3) is 0 Å². The zero-order valence-electron chi connectivity index (χ0n) is 33.8. The van der Waals surface area contributed by atoms with Gasteiger partial charge in [0.1, 0.15) is 17.9 Å². The van der Waals surface area contributed by atoms with Crippen LogP contribution in [0, 0.1) is 0 Å². The van der Waals surface area contributed by atoms with Gasteiger partial charge in [-0.05, 0) is 50.2 Å². The molecule has 1 amide bonds. The summed E-state index contributed by atoms with van der Waals surface area (Å²) in [6, 6.07) is 18.8. The monoisotopic (exact) mass is 751 g/mol. The number of benzene rings is 3. The molecule has 55 heavy (non-hydrogen) atoms. The van der Waals surface area contributed by atoms with E-state index in [0.717, 1.165) is 46.9 Å². The Labute approximate surface area is 329 Å². The number of anilines is 1. The van der Waals surface area contributed by atoms with Gasteiger partial charge >= 0.3 is 6.09 Å². The number of carboxylic acid groups (broad SMARTS) is 1. The number of aromatic carboxylic acids is 1. The van der Waals surface area contributed by atoms with E-state index in [4.69, 9.17) is 9.15 Å². The minimum absolute atomic E-state index is 0.117. The number of carbonyl (C=O) groups is 2. The fourth-order valence-corrected chi connectivity index (χ4v) is 7.46. The zero-order chi connectivity index (χ0) is 39.3. The molecular weight excluding hydrogens is 687 g/mol. The summed E-state index contributed by atoms with van der Waals surface area (Å²) in [4.78, 5) is 26.7. The van der Waals surface area contributed by atoms with Gasteiger partial charge in [0.15, 0.2) is 13.2 Å². The number of hydrogen-bond acceptors (Lipinski definition) is 6. The highest BCUT2D eigenvalue weighted by atomic mass is 16.5. The molecule has 2 aliphatic rings. The fraction of sp³-hybridized carbons (Fsp3) is 0.511. The van der Waals surface area contributed by atoms with E-state index >= 15 is 0 Å². The number of carboxylic acids is 1. The third-order valence-electron chi connectivity index (χ3n) is 10.6. The zero-order valence-corrected chi connectivity index (χ0v) is 33.8. The van der Waals surface area contributed by atoms with Crippen LogP contribution in [0.15, 0.2) is 77.9 Å². The minimum atomic E-state index is -1.24. The molecule has 8 nitrogen and oxygen atoms in total. The summed E-state index contributed by atoms with van der Waals surface area (Å²) in [7, 11) is 0. The molecule has 2 aromatic rings. The highest BCUT2D eigenvalue weighted by Gasteiger charge is 2.21. The molecule has 1 aliphatic heterocycles. The average Bonchev–Trinajstić information content (AvgIpc) is 3.20. The number of ether oxygens (including phenoxy) is 1. The van der Waals surface area contributed by atoms with Crippen molar-refractivity contribution in [1.82, 2.24) is 9.89 Å². The van der Waals surface area contributed by atoms with Crippen molar-refractivity contribution in [3.05, 3.63) is 84.4 Å². The predicted molar refractivity (Wildman–Crippen MR) is 225 cm³/mol. The van der Waals surface area contributed by atoms with Gasteiger partial charge in [-0.15, -0.1) is 0 Å². The molecular formula is C47H65N3O5. The lowest BCUT2D eigenvalue weighted by molar-refractivity contribution is -0.254. The van der Waals surface area contributed by atoms with Crippen LogP contribution in [0.25, 0.3) is 33.4 Å². The normalized spacial score (nSPS) is 11.8. The second-order valence-corrected chi connectivity index (χ2v) is 14.6. The van der Waals surface area contributed by atoms with Gasteiger partial charge < -0.3 is 29.3 Å². The summed E-state index contributed by atoms with van der Waals surface area (Å²) in [5, 5.41) is 16.8. The lowest BCUT2D eigenvalue weighted by atomic mass is 9.90. The first-order valence-corrected chi connectivity index (χ1v) is 21.1. The Bertz CT molecular complexity index is 1830. The topological polar surface area (TPSA) is 97.9 Å². The largest absolute Gasteiger partial charge is 0.545 e. The summed E-state index contributed by atoms with van der Waals surface area (Å²) < 4.78 is 14.2. The van der Waals surface area contributed by atoms with Crippen molar-refractivity contribution in [2.45, 2.75) is 124 Å². The second kappa shape index (κ2) is 24.0. The SMILES string of the molecule is C=CN(CC)c1ccc2c(-c3ccccc3C(=O)[O-])c3ccc(=[N+](CC)CCOC(=O)NCCCCCCCCCCCCCCCCCC)cc-3oc2c1. The number of amides is 1. The quantitative estimate of drug-likeness (QED) is 0.0390. The van der Waals surface area contributed by atoms with Crippen molar-refractivity contribution in [3.8, 4) is 22.5 Å². The number of nitrogens with one attached hydrogen (secondary N) is 1. The minimum Gasteiger partial charge on any atom is -0.545 e. The van der Waals surface area contributed by atoms with Gasteiger partial charge in [-0.1, -0.05) is 134 Å². The first-order valence-electron chi connectivity index (χ1n) is 21.1. The van der Waals surface area contributed by atoms with E-state index in [9.17, 15) is 14.7 Å². The van der Waals surface area contributed by atoms with Crippen LogP contribution >= 0.6 is 0 Å². The van der Waals surface area contributed by atoms with E-state index in [2.05, 4.69) is 30.3 Å². The van der Waals surface area contributed by atoms with Crippen molar-refractivity contribution >= 4 is 28.7 Å². The molecule has 0 radical (unpaired) electrons. The Morgan fingerprint density at radius 3 is 2.04 bits per heavy atom. The molecule has 0 saturated carbocycles. The van der Waals surface area contributed by atoms with E-state index in [0.29, 0.717) is 36.5 Å². The molecule has 0 aromatic heterocycles. The molecule has 0 unspecified atom stereocenters. The van der Waals surface area contributed by atoms with Crippen molar-refractivity contribution in [2.24, 2.45) is 0 Å². The number of unbranched alkanes of at least 4 members (excludes halogenated alkanes) is 15. The number of nitrogens with zero attached hydrogens (tertiary/aromatic N) is 2. The van der Waals surface area contributed by atoms with Crippen LogP contribution in [-0.2, 0) is 4.74 Å². The molecule has 0 saturated heterocycles. The van der Waals surface area contributed by atoms with Crippen molar-refractivity contribution < 1.29 is 23.8 Å². The third-order valence-corrected chi connectivity index (χ3v) is 10.6. The van der Waals surface area contributed by atoms with Crippen LogP contribution in [0.4, 0.5) is 10.5 Å². The van der Waals surface area contributed by atoms with E-state index < -0.39 is 5.97 Å². The molecule has 0 fully saturated rings. The maximum atomic E-state index is 12.5. The molecule has 1 aliphatic carbocycles. The summed E-state index contributed by atoms with van der Waals surface area (Å²) >= 11 is 0. The number of carbonyl (C=O) groups excluding carboxylic acids is 2. The maximum Gasteiger partial charge on any atom is 0.407 e. The molecule has 8 heteroatoms. The summed E-state index contributed by atoms with van der Waals surface area (Å²) in [5.41, 5.74) is 3.78. The van der Waals surface area contributed by atoms with E-state index in [1.165, 1.54) is 89.9 Å². The molecule has 2 aromatic carbocycles. The lowest BCUT2D eigenvalue weighted by Crippen LogP contribution is -2.34. The number of rotatable bonds is 26. The maximum absolute atomic E-state index is 12.5. The smallest absolute Gasteiger partial charge is 0.407 e. The van der Waals surface area contributed by atoms with Crippen LogP contribution in [-0.4, -0.2) is 44.8 Å². The van der Waals surface area contributed by atoms with Crippen LogP contribution in [0.2, 0.25) is 0 Å². The Hall–Kier alpha value is -4.59. The van der Waals surface area contributed by atoms with Gasteiger partial charge in [-0.2, -0.15) is 0 Å². The predicted octanol–water partition coefficient (Wildman–Crippen LogP) is 10.3. The van der Waals surface area contributed by atoms with Crippen LogP contribution in [0.1, 0.15) is 134 Å². The number of hydrogen-bond donors (Lipinski definition) is 1. The highest BCUT2D eigenvalue weighted by molar-refractivity contribution is 6.07. The first-order chi connectivity index (χ1) is 26.9.